The molecule has 0 aliphatic rings. The predicted octanol–water partition coefficient (Wildman–Crippen LogP) is -2.17. The third-order valence-electron chi connectivity index (χ3n) is 0. The van der Waals surface area contributed by atoms with Crippen LogP contribution in [0.15, 0.2) is 0 Å². The first kappa shape index (κ1) is 55.7. The zero-order valence-electron chi connectivity index (χ0n) is 3.86. The van der Waals surface area contributed by atoms with Gasteiger partial charge in [-0.2, -0.15) is 0 Å². The summed E-state index contributed by atoms with van der Waals surface area (Å²) >= 11 is 0. The molecule has 0 heterocycles. The zero-order chi connectivity index (χ0) is 0. The maximum Gasteiger partial charge on any atom is 2.00 e. The quantitative estimate of drug-likeness (QED) is 0.391. The maximum atomic E-state index is 0. The van der Waals surface area contributed by atoms with Crippen molar-refractivity contribution in [3.05, 3.63) is 0 Å². The smallest absolute Gasteiger partial charge is 1.00 e. The van der Waals surface area contributed by atoms with Crippen LogP contribution in [0, 0.1) is 0 Å². The monoisotopic (exact) mass is 191 g/mol. The molecular weight excluding hydrogens is 185 g/mol. The molecule has 0 unspecified atom stereocenters. The molecule has 0 saturated carbocycles. The van der Waals surface area contributed by atoms with Crippen molar-refractivity contribution >= 4 is 40.4 Å². The standard InChI is InChI=1S/Al.Co.Mg.Ni.H2O.5H/h;;;;1H2;;;;;/q;;+2;;;;;;2*-1. The Balaban J connectivity index is 0. The van der Waals surface area contributed by atoms with Crippen molar-refractivity contribution < 1.29 is 41.6 Å². The molecule has 5 heavy (non-hydrogen) atoms. The van der Waals surface area contributed by atoms with Crippen LogP contribution in [-0.4, -0.2) is 45.9 Å². The minimum atomic E-state index is 0. The Bertz CT molecular complexity index is 17.7. The summed E-state index contributed by atoms with van der Waals surface area (Å²) in [6.45, 7) is 0. The average molecular weight is 192 g/mol. The topological polar surface area (TPSA) is 31.5 Å². The van der Waals surface area contributed by atoms with Gasteiger partial charge in [0, 0.05) is 33.3 Å². The van der Waals surface area contributed by atoms with Crippen LogP contribution in [0.5, 0.6) is 0 Å². The van der Waals surface area contributed by atoms with E-state index in [1.807, 2.05) is 0 Å². The molecule has 0 aromatic heterocycles. The molecule has 0 aromatic rings. The fourth-order valence-corrected chi connectivity index (χ4v) is 0. The van der Waals surface area contributed by atoms with E-state index in [1.54, 1.807) is 0 Å². The fraction of sp³-hybridized carbons (Fsp3) is 0. The second-order valence-corrected chi connectivity index (χ2v) is 0. The van der Waals surface area contributed by atoms with Crippen LogP contribution in [0.1, 0.15) is 2.85 Å². The molecule has 37 valence electrons. The molecule has 0 amide bonds. The molecular formula is H7AlCoMgNiO. The van der Waals surface area contributed by atoms with Crippen LogP contribution >= 0.6 is 0 Å². The molecule has 0 aromatic carbocycles. The van der Waals surface area contributed by atoms with Gasteiger partial charge in [0.05, 0.1) is 0 Å². The summed E-state index contributed by atoms with van der Waals surface area (Å²) in [5, 5.41) is 0. The van der Waals surface area contributed by atoms with Gasteiger partial charge in [0.2, 0.25) is 0 Å². The Hall–Kier alpha value is 2.26. The molecule has 0 aliphatic heterocycles. The van der Waals surface area contributed by atoms with E-state index in [-0.39, 0.29) is 82.0 Å². The molecule has 0 spiro atoms. The van der Waals surface area contributed by atoms with E-state index in [0.29, 0.717) is 0 Å². The Labute approximate surface area is 81.3 Å². The predicted molar refractivity (Wildman–Crippen MR) is 21.5 cm³/mol. The van der Waals surface area contributed by atoms with Crippen molar-refractivity contribution in [2.24, 2.45) is 0 Å². The van der Waals surface area contributed by atoms with E-state index in [2.05, 4.69) is 0 Å². The number of rotatable bonds is 0. The Morgan fingerprint density at radius 2 is 1.20 bits per heavy atom. The summed E-state index contributed by atoms with van der Waals surface area (Å²) in [6.07, 6.45) is 0. The normalized spacial score (nSPS) is 0. The van der Waals surface area contributed by atoms with E-state index in [1.165, 1.54) is 0 Å². The Morgan fingerprint density at radius 1 is 1.20 bits per heavy atom. The maximum absolute atomic E-state index is 0. The van der Waals surface area contributed by atoms with Crippen molar-refractivity contribution in [3.63, 3.8) is 0 Å². The molecule has 2 N–H and O–H groups in total. The summed E-state index contributed by atoms with van der Waals surface area (Å²) in [4.78, 5) is 0. The second-order valence-electron chi connectivity index (χ2n) is 0. The minimum Gasteiger partial charge on any atom is -1.00 e. The zero-order valence-corrected chi connectivity index (χ0v) is 5.30. The van der Waals surface area contributed by atoms with Gasteiger partial charge < -0.3 is 8.33 Å². The molecule has 0 saturated heterocycles. The first-order chi connectivity index (χ1) is 0. The van der Waals surface area contributed by atoms with Crippen molar-refractivity contribution in [3.8, 4) is 0 Å². The molecule has 0 rings (SSSR count). The van der Waals surface area contributed by atoms with E-state index in [0.717, 1.165) is 0 Å². The molecule has 0 atom stereocenters. The molecule has 0 bridgehead atoms. The van der Waals surface area contributed by atoms with Crippen LogP contribution in [0.3, 0.4) is 0 Å². The van der Waals surface area contributed by atoms with Gasteiger partial charge in [-0.05, 0) is 0 Å². The van der Waals surface area contributed by atoms with Gasteiger partial charge >= 0.3 is 23.1 Å². The summed E-state index contributed by atoms with van der Waals surface area (Å²) in [5.74, 6) is 0. The second kappa shape index (κ2) is 33.9. The fourth-order valence-electron chi connectivity index (χ4n) is 0. The van der Waals surface area contributed by atoms with E-state index < -0.39 is 0 Å². The minimum absolute atomic E-state index is 0. The van der Waals surface area contributed by atoms with E-state index in [9.17, 15) is 0 Å². The van der Waals surface area contributed by atoms with Crippen LogP contribution in [0.2, 0.25) is 0 Å². The average Bonchev–Trinajstić information content (AvgIpc) is 0. The Kier molecular flexibility index (Phi) is 378. The van der Waals surface area contributed by atoms with Gasteiger partial charge in [-0.1, -0.05) is 0 Å². The van der Waals surface area contributed by atoms with Crippen molar-refractivity contribution in [2.75, 3.05) is 0 Å². The van der Waals surface area contributed by atoms with Crippen LogP contribution in [0.4, 0.5) is 0 Å². The number of hydrogen-bond acceptors (Lipinski definition) is 0. The van der Waals surface area contributed by atoms with Gasteiger partial charge in [-0.3, -0.25) is 0 Å². The van der Waals surface area contributed by atoms with Gasteiger partial charge in [-0.25, -0.2) is 0 Å². The van der Waals surface area contributed by atoms with Crippen LogP contribution in [0.25, 0.3) is 0 Å². The SMILES string of the molecule is O.[AlH3].[Co].[H-].[H-].[Mg+2].[Ni]. The Morgan fingerprint density at radius 3 is 1.20 bits per heavy atom. The summed E-state index contributed by atoms with van der Waals surface area (Å²) < 4.78 is 0. The summed E-state index contributed by atoms with van der Waals surface area (Å²) in [7, 11) is 0. The van der Waals surface area contributed by atoms with Gasteiger partial charge in [0.25, 0.3) is 0 Å². The van der Waals surface area contributed by atoms with Crippen molar-refractivity contribution in [1.29, 1.82) is 0 Å². The molecule has 0 fully saturated rings. The molecule has 1 nitrogen and oxygen atoms in total. The third-order valence-corrected chi connectivity index (χ3v) is 0. The summed E-state index contributed by atoms with van der Waals surface area (Å²) in [6, 6.07) is 0. The van der Waals surface area contributed by atoms with Crippen molar-refractivity contribution in [1.82, 2.24) is 0 Å². The van der Waals surface area contributed by atoms with E-state index >= 15 is 0 Å². The van der Waals surface area contributed by atoms with E-state index in [4.69, 9.17) is 0 Å². The van der Waals surface area contributed by atoms with Crippen LogP contribution < -0.4 is 0 Å². The largest absolute Gasteiger partial charge is 2.00 e. The van der Waals surface area contributed by atoms with Gasteiger partial charge in [0.15, 0.2) is 17.4 Å². The molecule has 1 radical (unpaired) electrons. The van der Waals surface area contributed by atoms with Gasteiger partial charge in [-0.15, -0.1) is 0 Å². The first-order valence-corrected chi connectivity index (χ1v) is 0. The molecule has 5 heteroatoms. The van der Waals surface area contributed by atoms with Crippen LogP contribution in [-0.2, 0) is 33.3 Å². The first-order valence-electron chi connectivity index (χ1n) is 0. The summed E-state index contributed by atoms with van der Waals surface area (Å²) in [5.41, 5.74) is 0. The van der Waals surface area contributed by atoms with Crippen molar-refractivity contribution in [2.45, 2.75) is 0 Å². The van der Waals surface area contributed by atoms with Gasteiger partial charge in [0.1, 0.15) is 0 Å². The third kappa shape index (κ3) is 22.2. The molecule has 0 aliphatic carbocycles. The number of hydrogen-bond donors (Lipinski definition) is 0.